The van der Waals surface area contributed by atoms with Crippen molar-refractivity contribution in [3.63, 3.8) is 0 Å². The number of aromatic nitrogens is 2. The van der Waals surface area contributed by atoms with Gasteiger partial charge in [-0.2, -0.15) is 5.10 Å². The summed E-state index contributed by atoms with van der Waals surface area (Å²) in [5, 5.41) is 13.5. The summed E-state index contributed by atoms with van der Waals surface area (Å²) >= 11 is 0. The molecule has 2 rings (SSSR count). The predicted molar refractivity (Wildman–Crippen MR) is 68.4 cm³/mol. The fourth-order valence-corrected chi connectivity index (χ4v) is 2.76. The molecule has 1 aliphatic rings. The van der Waals surface area contributed by atoms with Gasteiger partial charge < -0.3 is 10.0 Å². The monoisotopic (exact) mass is 265 g/mol. The van der Waals surface area contributed by atoms with Gasteiger partial charge in [-0.1, -0.05) is 6.92 Å². The first-order valence-corrected chi connectivity index (χ1v) is 6.61. The maximum atomic E-state index is 12.2. The van der Waals surface area contributed by atoms with Crippen LogP contribution in [0, 0.1) is 0 Å². The Bertz CT molecular complexity index is 458. The predicted octanol–water partition coefficient (Wildman–Crippen LogP) is 1.13. The molecule has 19 heavy (non-hydrogen) atoms. The lowest BCUT2D eigenvalue weighted by molar-refractivity contribution is -0.157. The highest BCUT2D eigenvalue weighted by Gasteiger charge is 2.48. The van der Waals surface area contributed by atoms with E-state index in [2.05, 4.69) is 5.10 Å². The molecule has 6 heteroatoms. The van der Waals surface area contributed by atoms with Crippen molar-refractivity contribution in [1.82, 2.24) is 14.7 Å². The molecule has 6 nitrogen and oxygen atoms in total. The normalized spacial score (nSPS) is 22.7. The Morgan fingerprint density at radius 1 is 1.47 bits per heavy atom. The first-order valence-electron chi connectivity index (χ1n) is 6.61. The molecule has 1 fully saturated rings. The minimum Gasteiger partial charge on any atom is -0.479 e. The zero-order chi connectivity index (χ0) is 13.9. The zero-order valence-corrected chi connectivity index (χ0v) is 11.1. The molecular weight excluding hydrogens is 246 g/mol. The van der Waals surface area contributed by atoms with Crippen LogP contribution in [-0.4, -0.2) is 43.7 Å². The molecule has 2 heterocycles. The second-order valence-electron chi connectivity index (χ2n) is 4.86. The van der Waals surface area contributed by atoms with Gasteiger partial charge in [0.05, 0.1) is 0 Å². The lowest BCUT2D eigenvalue weighted by atomic mass is 9.93. The second-order valence-corrected chi connectivity index (χ2v) is 4.86. The first kappa shape index (κ1) is 13.6. The SMILES string of the molecule is CCC1(C(=O)O)CCCN1C(=O)CCn1cccn1. The topological polar surface area (TPSA) is 75.4 Å². The van der Waals surface area contributed by atoms with E-state index in [4.69, 9.17) is 0 Å². The van der Waals surface area contributed by atoms with E-state index < -0.39 is 11.5 Å². The fraction of sp³-hybridized carbons (Fsp3) is 0.615. The molecule has 0 aromatic carbocycles. The van der Waals surface area contributed by atoms with Crippen molar-refractivity contribution in [1.29, 1.82) is 0 Å². The minimum absolute atomic E-state index is 0.0998. The number of aryl methyl sites for hydroxylation is 1. The van der Waals surface area contributed by atoms with Crippen molar-refractivity contribution in [3.05, 3.63) is 18.5 Å². The van der Waals surface area contributed by atoms with Crippen LogP contribution < -0.4 is 0 Å². The largest absolute Gasteiger partial charge is 0.479 e. The summed E-state index contributed by atoms with van der Waals surface area (Å²) in [5.74, 6) is -0.989. The van der Waals surface area contributed by atoms with Crippen molar-refractivity contribution in [2.24, 2.45) is 0 Å². The first-order chi connectivity index (χ1) is 9.10. The number of rotatable bonds is 5. The molecule has 0 spiro atoms. The van der Waals surface area contributed by atoms with Gasteiger partial charge in [0.15, 0.2) is 0 Å². The second kappa shape index (κ2) is 5.42. The van der Waals surface area contributed by atoms with Crippen molar-refractivity contribution in [2.75, 3.05) is 6.54 Å². The lowest BCUT2D eigenvalue weighted by Gasteiger charge is -2.34. The Labute approximate surface area is 112 Å². The summed E-state index contributed by atoms with van der Waals surface area (Å²) in [6.07, 6.45) is 5.50. The molecule has 1 aromatic rings. The van der Waals surface area contributed by atoms with Gasteiger partial charge in [-0.3, -0.25) is 9.48 Å². The van der Waals surface area contributed by atoms with E-state index in [0.29, 0.717) is 25.9 Å². The van der Waals surface area contributed by atoms with Crippen molar-refractivity contribution >= 4 is 11.9 Å². The molecule has 1 saturated heterocycles. The van der Waals surface area contributed by atoms with E-state index in [-0.39, 0.29) is 12.3 Å². The molecule has 1 unspecified atom stereocenters. The molecule has 0 aliphatic carbocycles. The number of aliphatic carboxylic acids is 1. The van der Waals surface area contributed by atoms with Gasteiger partial charge in [-0.15, -0.1) is 0 Å². The summed E-state index contributed by atoms with van der Waals surface area (Å²) in [4.78, 5) is 25.3. The highest BCUT2D eigenvalue weighted by Crippen LogP contribution is 2.33. The van der Waals surface area contributed by atoms with Crippen LogP contribution in [0.25, 0.3) is 0 Å². The van der Waals surface area contributed by atoms with Crippen LogP contribution >= 0.6 is 0 Å². The Morgan fingerprint density at radius 2 is 2.26 bits per heavy atom. The summed E-state index contributed by atoms with van der Waals surface area (Å²) < 4.78 is 1.68. The highest BCUT2D eigenvalue weighted by molar-refractivity contribution is 5.87. The number of carboxylic acids is 1. The van der Waals surface area contributed by atoms with Crippen molar-refractivity contribution in [3.8, 4) is 0 Å². The number of nitrogens with zero attached hydrogens (tertiary/aromatic N) is 3. The number of amides is 1. The van der Waals surface area contributed by atoms with Crippen LogP contribution in [0.4, 0.5) is 0 Å². The van der Waals surface area contributed by atoms with E-state index in [0.717, 1.165) is 6.42 Å². The van der Waals surface area contributed by atoms with E-state index in [1.807, 2.05) is 6.92 Å². The molecule has 1 amide bonds. The van der Waals surface area contributed by atoms with Crippen LogP contribution in [0.2, 0.25) is 0 Å². The van der Waals surface area contributed by atoms with Gasteiger partial charge in [-0.05, 0) is 25.3 Å². The summed E-state index contributed by atoms with van der Waals surface area (Å²) in [6, 6.07) is 1.80. The number of carboxylic acid groups (broad SMARTS) is 1. The smallest absolute Gasteiger partial charge is 0.329 e. The highest BCUT2D eigenvalue weighted by atomic mass is 16.4. The fourth-order valence-electron chi connectivity index (χ4n) is 2.76. The molecule has 1 atom stereocenters. The van der Waals surface area contributed by atoms with Gasteiger partial charge >= 0.3 is 5.97 Å². The van der Waals surface area contributed by atoms with Gasteiger partial charge in [0, 0.05) is 31.9 Å². The maximum Gasteiger partial charge on any atom is 0.329 e. The third-order valence-corrected chi connectivity index (χ3v) is 3.89. The Morgan fingerprint density at radius 3 is 2.84 bits per heavy atom. The van der Waals surface area contributed by atoms with Gasteiger partial charge in [0.1, 0.15) is 5.54 Å². The van der Waals surface area contributed by atoms with Crippen molar-refractivity contribution < 1.29 is 14.7 Å². The molecule has 1 N–H and O–H groups in total. The molecule has 0 saturated carbocycles. The van der Waals surface area contributed by atoms with Gasteiger partial charge in [0.2, 0.25) is 5.91 Å². The van der Waals surface area contributed by atoms with E-state index >= 15 is 0 Å². The van der Waals surface area contributed by atoms with Crippen LogP contribution in [0.3, 0.4) is 0 Å². The quantitative estimate of drug-likeness (QED) is 0.866. The standard InChI is InChI=1S/C13H19N3O3/c1-2-13(12(18)19)6-3-9-16(13)11(17)5-10-15-8-4-7-14-15/h4,7-8H,2-3,5-6,9-10H2,1H3,(H,18,19). The maximum absolute atomic E-state index is 12.2. The van der Waals surface area contributed by atoms with E-state index in [1.54, 1.807) is 28.0 Å². The minimum atomic E-state index is -0.999. The van der Waals surface area contributed by atoms with E-state index in [1.165, 1.54) is 0 Å². The average molecular weight is 265 g/mol. The third kappa shape index (κ3) is 2.47. The number of carbonyl (C=O) groups excluding carboxylic acids is 1. The number of hydrogen-bond donors (Lipinski definition) is 1. The van der Waals surface area contributed by atoms with Crippen LogP contribution in [0.5, 0.6) is 0 Å². The van der Waals surface area contributed by atoms with Crippen LogP contribution in [-0.2, 0) is 16.1 Å². The summed E-state index contributed by atoms with van der Waals surface area (Å²) in [6.45, 7) is 2.85. The van der Waals surface area contributed by atoms with Crippen LogP contribution in [0.1, 0.15) is 32.6 Å². The zero-order valence-electron chi connectivity index (χ0n) is 11.1. The Hall–Kier alpha value is -1.85. The number of carbonyl (C=O) groups is 2. The molecule has 0 bridgehead atoms. The lowest BCUT2D eigenvalue weighted by Crippen LogP contribution is -2.52. The summed E-state index contributed by atoms with van der Waals surface area (Å²) in [5.41, 5.74) is -0.999. The molecule has 1 aliphatic heterocycles. The van der Waals surface area contributed by atoms with E-state index in [9.17, 15) is 14.7 Å². The van der Waals surface area contributed by atoms with Crippen LogP contribution in [0.15, 0.2) is 18.5 Å². The van der Waals surface area contributed by atoms with Gasteiger partial charge in [-0.25, -0.2) is 4.79 Å². The Kier molecular flexibility index (Phi) is 3.87. The third-order valence-electron chi connectivity index (χ3n) is 3.89. The molecule has 0 radical (unpaired) electrons. The molecule has 1 aromatic heterocycles. The summed E-state index contributed by atoms with van der Waals surface area (Å²) in [7, 11) is 0. The molecular formula is C13H19N3O3. The number of likely N-dealkylation sites (tertiary alicyclic amines) is 1. The Balaban J connectivity index is 2.03. The molecule has 104 valence electrons. The van der Waals surface area contributed by atoms with Gasteiger partial charge in [0.25, 0.3) is 0 Å². The number of hydrogen-bond acceptors (Lipinski definition) is 3. The van der Waals surface area contributed by atoms with Crippen molar-refractivity contribution in [2.45, 2.75) is 44.7 Å². The average Bonchev–Trinajstić information content (AvgIpc) is 3.05.